The second-order valence-corrected chi connectivity index (χ2v) is 10.9. The molecular formula is C29H37N3O3. The minimum absolute atomic E-state index is 0.0191. The highest BCUT2D eigenvalue weighted by Gasteiger charge is 2.39. The smallest absolute Gasteiger partial charge is 0.410 e. The van der Waals surface area contributed by atoms with Crippen LogP contribution in [0.15, 0.2) is 60.8 Å². The third-order valence-corrected chi connectivity index (χ3v) is 6.69. The molecule has 4 rings (SSSR count). The van der Waals surface area contributed by atoms with Crippen molar-refractivity contribution in [2.45, 2.75) is 52.7 Å². The minimum Gasteiger partial charge on any atom is -0.444 e. The molecule has 2 atom stereocenters. The van der Waals surface area contributed by atoms with Gasteiger partial charge in [-0.2, -0.15) is 0 Å². The van der Waals surface area contributed by atoms with E-state index in [2.05, 4.69) is 31.0 Å². The van der Waals surface area contributed by atoms with Gasteiger partial charge in [0.15, 0.2) is 0 Å². The molecular weight excluding hydrogens is 438 g/mol. The van der Waals surface area contributed by atoms with Crippen molar-refractivity contribution in [2.24, 2.45) is 11.8 Å². The number of amides is 2. The number of likely N-dealkylation sites (tertiary alicyclic amines) is 1. The zero-order chi connectivity index (χ0) is 25.2. The fourth-order valence-electron chi connectivity index (χ4n) is 4.90. The Kier molecular flexibility index (Phi) is 7.20. The number of H-pyrrole nitrogens is 1. The molecule has 0 radical (unpaired) electrons. The second kappa shape index (κ2) is 10.1. The Balaban J connectivity index is 1.55. The van der Waals surface area contributed by atoms with Crippen LogP contribution in [-0.2, 0) is 11.2 Å². The van der Waals surface area contributed by atoms with Gasteiger partial charge in [0.1, 0.15) is 5.60 Å². The lowest BCUT2D eigenvalue weighted by Crippen LogP contribution is -2.42. The van der Waals surface area contributed by atoms with Gasteiger partial charge in [-0.1, -0.05) is 36.4 Å². The lowest BCUT2D eigenvalue weighted by molar-refractivity contribution is 0.0282. The summed E-state index contributed by atoms with van der Waals surface area (Å²) >= 11 is 0. The van der Waals surface area contributed by atoms with Gasteiger partial charge in [0.2, 0.25) is 0 Å². The molecule has 2 amide bonds. The Morgan fingerprint density at radius 2 is 1.77 bits per heavy atom. The van der Waals surface area contributed by atoms with E-state index in [1.54, 1.807) is 0 Å². The quantitative estimate of drug-likeness (QED) is 0.494. The maximum Gasteiger partial charge on any atom is 0.410 e. The van der Waals surface area contributed by atoms with Gasteiger partial charge in [-0.3, -0.25) is 4.79 Å². The van der Waals surface area contributed by atoms with Crippen LogP contribution in [0.2, 0.25) is 0 Å². The summed E-state index contributed by atoms with van der Waals surface area (Å²) in [4.78, 5) is 33.5. The Labute approximate surface area is 208 Å². The van der Waals surface area contributed by atoms with E-state index < -0.39 is 5.60 Å². The maximum atomic E-state index is 13.6. The first-order chi connectivity index (χ1) is 16.6. The van der Waals surface area contributed by atoms with Crippen molar-refractivity contribution in [2.75, 3.05) is 19.6 Å². The Morgan fingerprint density at radius 1 is 1.06 bits per heavy atom. The number of benzene rings is 2. The van der Waals surface area contributed by atoms with Crippen LogP contribution in [0.1, 0.15) is 50.5 Å². The van der Waals surface area contributed by atoms with Crippen LogP contribution in [0, 0.1) is 11.8 Å². The van der Waals surface area contributed by atoms with Crippen molar-refractivity contribution in [1.29, 1.82) is 0 Å². The molecule has 186 valence electrons. The summed E-state index contributed by atoms with van der Waals surface area (Å²) in [5.74, 6) is 0.416. The van der Waals surface area contributed by atoms with Crippen LogP contribution in [0.5, 0.6) is 0 Å². The van der Waals surface area contributed by atoms with Crippen LogP contribution < -0.4 is 0 Å². The molecule has 2 heterocycles. The number of hydrogen-bond acceptors (Lipinski definition) is 3. The maximum absolute atomic E-state index is 13.6. The van der Waals surface area contributed by atoms with E-state index in [4.69, 9.17) is 4.74 Å². The third kappa shape index (κ3) is 6.05. The molecule has 0 saturated carbocycles. The summed E-state index contributed by atoms with van der Waals surface area (Å²) in [5.41, 5.74) is 2.34. The number of fused-ring (bicyclic) bond motifs is 1. The molecule has 2 aromatic carbocycles. The summed E-state index contributed by atoms with van der Waals surface area (Å²) in [6.45, 7) is 11.6. The van der Waals surface area contributed by atoms with Gasteiger partial charge < -0.3 is 19.5 Å². The van der Waals surface area contributed by atoms with Crippen LogP contribution >= 0.6 is 0 Å². The van der Waals surface area contributed by atoms with Gasteiger partial charge in [-0.05, 0) is 82.0 Å². The fourth-order valence-corrected chi connectivity index (χ4v) is 4.90. The van der Waals surface area contributed by atoms with Crippen molar-refractivity contribution in [3.63, 3.8) is 0 Å². The van der Waals surface area contributed by atoms with Crippen molar-refractivity contribution in [3.05, 3.63) is 71.9 Å². The number of carbonyl (C=O) groups is 2. The molecule has 6 nitrogen and oxygen atoms in total. The fraction of sp³-hybridized carbons (Fsp3) is 0.448. The lowest BCUT2D eigenvalue weighted by atomic mass is 9.89. The summed E-state index contributed by atoms with van der Waals surface area (Å²) < 4.78 is 5.67. The largest absolute Gasteiger partial charge is 0.444 e. The average Bonchev–Trinajstić information content (AvgIpc) is 3.43. The second-order valence-electron chi connectivity index (χ2n) is 10.9. The predicted molar refractivity (Wildman–Crippen MR) is 139 cm³/mol. The van der Waals surface area contributed by atoms with Crippen LogP contribution in [0.25, 0.3) is 10.9 Å². The van der Waals surface area contributed by atoms with E-state index in [0.29, 0.717) is 25.2 Å². The van der Waals surface area contributed by atoms with Crippen molar-refractivity contribution < 1.29 is 14.3 Å². The van der Waals surface area contributed by atoms with Gasteiger partial charge in [-0.15, -0.1) is 0 Å². The summed E-state index contributed by atoms with van der Waals surface area (Å²) in [7, 11) is 0. The number of aromatic nitrogens is 1. The molecule has 2 unspecified atom stereocenters. The molecule has 6 heteroatoms. The highest BCUT2D eigenvalue weighted by molar-refractivity contribution is 5.98. The van der Waals surface area contributed by atoms with E-state index >= 15 is 0 Å². The number of aromatic amines is 1. The molecule has 0 aliphatic carbocycles. The van der Waals surface area contributed by atoms with Gasteiger partial charge in [-0.25, -0.2) is 4.79 Å². The third-order valence-electron chi connectivity index (χ3n) is 6.69. The van der Waals surface area contributed by atoms with Gasteiger partial charge in [0.25, 0.3) is 5.91 Å². The molecule has 35 heavy (non-hydrogen) atoms. The zero-order valence-corrected chi connectivity index (χ0v) is 21.5. The molecule has 3 aromatic rings. The lowest BCUT2D eigenvalue weighted by Gasteiger charge is -2.31. The van der Waals surface area contributed by atoms with E-state index in [1.807, 2.05) is 79.2 Å². The molecule has 1 fully saturated rings. The number of ether oxygens (including phenoxy) is 1. The SMILES string of the molecule is CC(C)N(CC1CN(C(=O)OC(C)(C)C)CC1Cc1ccccc1)C(=O)c1ccc2cc[nH]c2c1. The monoisotopic (exact) mass is 475 g/mol. The van der Waals surface area contributed by atoms with Crippen molar-refractivity contribution in [1.82, 2.24) is 14.8 Å². The zero-order valence-electron chi connectivity index (χ0n) is 21.5. The van der Waals surface area contributed by atoms with Crippen molar-refractivity contribution >= 4 is 22.9 Å². The van der Waals surface area contributed by atoms with Gasteiger partial charge in [0.05, 0.1) is 0 Å². The summed E-state index contributed by atoms with van der Waals surface area (Å²) in [6.07, 6.45) is 2.47. The number of hydrogen-bond donors (Lipinski definition) is 1. The first-order valence-electron chi connectivity index (χ1n) is 12.5. The number of carbonyl (C=O) groups excluding carboxylic acids is 2. The number of rotatable bonds is 6. The minimum atomic E-state index is -0.541. The molecule has 1 aromatic heterocycles. The Morgan fingerprint density at radius 3 is 2.46 bits per heavy atom. The van der Waals surface area contributed by atoms with Crippen LogP contribution in [-0.4, -0.2) is 58.1 Å². The van der Waals surface area contributed by atoms with Crippen LogP contribution in [0.4, 0.5) is 4.79 Å². The molecule has 1 aliphatic heterocycles. The Hall–Kier alpha value is -3.28. The standard InChI is InChI=1S/C29H37N3O3/c1-20(2)32(27(33)23-12-11-22-13-14-30-26(22)16-23)19-25-18-31(28(34)35-29(3,4)5)17-24(25)15-21-9-7-6-8-10-21/h6-14,16,20,24-25,30H,15,17-19H2,1-5H3. The topological polar surface area (TPSA) is 65.6 Å². The molecule has 1 N–H and O–H groups in total. The first kappa shape index (κ1) is 24.8. The van der Waals surface area contributed by atoms with Gasteiger partial charge >= 0.3 is 6.09 Å². The van der Waals surface area contributed by atoms with Crippen molar-refractivity contribution in [3.8, 4) is 0 Å². The summed E-state index contributed by atoms with van der Waals surface area (Å²) in [6, 6.07) is 18.2. The molecule has 1 saturated heterocycles. The van der Waals surface area contributed by atoms with E-state index in [1.165, 1.54) is 5.56 Å². The first-order valence-corrected chi connectivity index (χ1v) is 12.5. The average molecular weight is 476 g/mol. The predicted octanol–water partition coefficient (Wildman–Crippen LogP) is 5.74. The normalized spacial score (nSPS) is 18.3. The van der Waals surface area contributed by atoms with Gasteiger partial charge in [0, 0.05) is 43.0 Å². The summed E-state index contributed by atoms with van der Waals surface area (Å²) in [5, 5.41) is 1.09. The molecule has 1 aliphatic rings. The van der Waals surface area contributed by atoms with E-state index in [-0.39, 0.29) is 29.9 Å². The number of nitrogens with one attached hydrogen (secondary N) is 1. The van der Waals surface area contributed by atoms with E-state index in [0.717, 1.165) is 17.3 Å². The number of nitrogens with zero attached hydrogens (tertiary/aromatic N) is 2. The Bertz CT molecular complexity index is 1160. The highest BCUT2D eigenvalue weighted by Crippen LogP contribution is 2.30. The van der Waals surface area contributed by atoms with E-state index in [9.17, 15) is 9.59 Å². The molecule has 0 spiro atoms. The molecule has 0 bridgehead atoms. The van der Waals surface area contributed by atoms with Crippen LogP contribution in [0.3, 0.4) is 0 Å². The highest BCUT2D eigenvalue weighted by atomic mass is 16.6.